The van der Waals surface area contributed by atoms with Crippen molar-refractivity contribution in [3.63, 3.8) is 0 Å². The van der Waals surface area contributed by atoms with Crippen LogP contribution in [-0.2, 0) is 19.4 Å². The van der Waals surface area contributed by atoms with Crippen molar-refractivity contribution in [3.8, 4) is 11.3 Å². The number of amides is 1. The Balaban J connectivity index is 1.43. The van der Waals surface area contributed by atoms with Gasteiger partial charge in [-0.2, -0.15) is 5.10 Å². The normalized spacial score (nSPS) is 13.0. The molecule has 2 aromatic heterocycles. The predicted molar refractivity (Wildman–Crippen MR) is 89.3 cm³/mol. The summed E-state index contributed by atoms with van der Waals surface area (Å²) in [5.41, 5.74) is 4.25. The second-order valence-electron chi connectivity index (χ2n) is 5.70. The lowest BCUT2D eigenvalue weighted by Crippen LogP contribution is -2.24. The number of benzene rings is 1. The maximum absolute atomic E-state index is 13.0. The fourth-order valence-electron chi connectivity index (χ4n) is 2.89. The van der Waals surface area contributed by atoms with E-state index >= 15 is 0 Å². The van der Waals surface area contributed by atoms with E-state index in [0.717, 1.165) is 46.8 Å². The van der Waals surface area contributed by atoms with E-state index < -0.39 is 0 Å². The highest BCUT2D eigenvalue weighted by Gasteiger charge is 2.22. The zero-order valence-electron chi connectivity index (χ0n) is 12.8. The van der Waals surface area contributed by atoms with Gasteiger partial charge < -0.3 is 5.32 Å². The van der Waals surface area contributed by atoms with Crippen molar-refractivity contribution in [2.24, 2.45) is 0 Å². The first-order chi connectivity index (χ1) is 11.7. The van der Waals surface area contributed by atoms with Crippen LogP contribution in [0, 0.1) is 5.82 Å². The molecule has 5 nitrogen and oxygen atoms in total. The summed E-state index contributed by atoms with van der Waals surface area (Å²) in [5.74, 6) is -0.444. The second-order valence-corrected chi connectivity index (χ2v) is 6.64. The smallest absolute Gasteiger partial charge is 0.272 e. The summed E-state index contributed by atoms with van der Waals surface area (Å²) in [5, 5.41) is 12.6. The van der Waals surface area contributed by atoms with Gasteiger partial charge in [0.25, 0.3) is 5.91 Å². The number of carbonyl (C=O) groups is 1. The zero-order valence-corrected chi connectivity index (χ0v) is 13.6. The van der Waals surface area contributed by atoms with Gasteiger partial charge in [-0.1, -0.05) is 0 Å². The number of hydrogen-bond donors (Lipinski definition) is 2. The SMILES string of the molecule is O=C(NCc1nc(-c2ccc(F)cc2)cs1)c1n[nH]c2c1CCC2. The van der Waals surface area contributed by atoms with E-state index in [1.54, 1.807) is 12.1 Å². The number of nitrogens with one attached hydrogen (secondary N) is 2. The minimum atomic E-state index is -0.270. The zero-order chi connectivity index (χ0) is 16.5. The van der Waals surface area contributed by atoms with Gasteiger partial charge in [0.2, 0.25) is 0 Å². The number of H-pyrrole nitrogens is 1. The third-order valence-electron chi connectivity index (χ3n) is 4.11. The highest BCUT2D eigenvalue weighted by molar-refractivity contribution is 7.09. The largest absolute Gasteiger partial charge is 0.344 e. The summed E-state index contributed by atoms with van der Waals surface area (Å²) in [7, 11) is 0. The molecule has 2 heterocycles. The van der Waals surface area contributed by atoms with Gasteiger partial charge in [0, 0.05) is 22.2 Å². The van der Waals surface area contributed by atoms with E-state index in [-0.39, 0.29) is 11.7 Å². The molecule has 0 radical (unpaired) electrons. The van der Waals surface area contributed by atoms with Crippen molar-refractivity contribution in [1.29, 1.82) is 0 Å². The molecule has 1 aliphatic rings. The number of aromatic amines is 1. The molecule has 0 saturated heterocycles. The summed E-state index contributed by atoms with van der Waals surface area (Å²) in [6, 6.07) is 6.21. The molecule has 3 aromatic rings. The molecule has 0 atom stereocenters. The van der Waals surface area contributed by atoms with Gasteiger partial charge in [0.15, 0.2) is 5.69 Å². The number of nitrogens with zero attached hydrogens (tertiary/aromatic N) is 2. The lowest BCUT2D eigenvalue weighted by atomic mass is 10.2. The summed E-state index contributed by atoms with van der Waals surface area (Å²) < 4.78 is 13.0. The van der Waals surface area contributed by atoms with Gasteiger partial charge in [0.05, 0.1) is 12.2 Å². The highest BCUT2D eigenvalue weighted by atomic mass is 32.1. The lowest BCUT2D eigenvalue weighted by Gasteiger charge is -2.02. The summed E-state index contributed by atoms with van der Waals surface area (Å²) in [6.45, 7) is 0.354. The van der Waals surface area contributed by atoms with Crippen LogP contribution in [0.15, 0.2) is 29.6 Å². The number of thiazole rings is 1. The quantitative estimate of drug-likeness (QED) is 0.765. The average molecular weight is 342 g/mol. The molecule has 7 heteroatoms. The van der Waals surface area contributed by atoms with E-state index in [1.165, 1.54) is 23.5 Å². The maximum Gasteiger partial charge on any atom is 0.272 e. The van der Waals surface area contributed by atoms with Crippen molar-refractivity contribution in [2.75, 3.05) is 0 Å². The van der Waals surface area contributed by atoms with Gasteiger partial charge in [-0.05, 0) is 43.5 Å². The van der Waals surface area contributed by atoms with Crippen LogP contribution in [0.2, 0.25) is 0 Å². The summed E-state index contributed by atoms with van der Waals surface area (Å²) in [4.78, 5) is 16.8. The molecule has 122 valence electrons. The fraction of sp³-hybridized carbons (Fsp3) is 0.235. The molecular formula is C17H15FN4OS. The van der Waals surface area contributed by atoms with Gasteiger partial charge in [-0.3, -0.25) is 9.89 Å². The Bertz CT molecular complexity index is 884. The number of hydrogen-bond acceptors (Lipinski definition) is 4. The van der Waals surface area contributed by atoms with Crippen LogP contribution in [-0.4, -0.2) is 21.1 Å². The molecule has 1 aromatic carbocycles. The van der Waals surface area contributed by atoms with E-state index in [4.69, 9.17) is 0 Å². The molecule has 0 fully saturated rings. The first kappa shape index (κ1) is 15.0. The van der Waals surface area contributed by atoms with Crippen LogP contribution in [0.5, 0.6) is 0 Å². The molecule has 1 amide bonds. The van der Waals surface area contributed by atoms with Gasteiger partial charge in [-0.25, -0.2) is 9.37 Å². The number of fused-ring (bicyclic) bond motifs is 1. The maximum atomic E-state index is 13.0. The number of rotatable bonds is 4. The lowest BCUT2D eigenvalue weighted by molar-refractivity contribution is 0.0945. The minimum Gasteiger partial charge on any atom is -0.344 e. The van der Waals surface area contributed by atoms with Gasteiger partial charge in [-0.15, -0.1) is 11.3 Å². The number of aromatic nitrogens is 3. The third kappa shape index (κ3) is 2.82. The van der Waals surface area contributed by atoms with E-state index in [9.17, 15) is 9.18 Å². The average Bonchev–Trinajstić information content (AvgIpc) is 3.30. The van der Waals surface area contributed by atoms with Crippen molar-refractivity contribution < 1.29 is 9.18 Å². The Morgan fingerprint density at radius 2 is 2.12 bits per heavy atom. The third-order valence-corrected chi connectivity index (χ3v) is 4.96. The Morgan fingerprint density at radius 3 is 2.96 bits per heavy atom. The first-order valence-electron chi connectivity index (χ1n) is 7.75. The van der Waals surface area contributed by atoms with E-state index in [1.807, 2.05) is 5.38 Å². The first-order valence-corrected chi connectivity index (χ1v) is 8.63. The molecule has 24 heavy (non-hydrogen) atoms. The molecule has 0 bridgehead atoms. The van der Waals surface area contributed by atoms with Crippen molar-refractivity contribution in [1.82, 2.24) is 20.5 Å². The Morgan fingerprint density at radius 1 is 1.29 bits per heavy atom. The van der Waals surface area contributed by atoms with Crippen molar-refractivity contribution in [3.05, 3.63) is 57.4 Å². The molecule has 0 unspecified atom stereocenters. The molecular weight excluding hydrogens is 327 g/mol. The van der Waals surface area contributed by atoms with E-state index in [2.05, 4.69) is 20.5 Å². The Kier molecular flexibility index (Phi) is 3.86. The van der Waals surface area contributed by atoms with Crippen molar-refractivity contribution >= 4 is 17.2 Å². The molecule has 4 rings (SSSR count). The van der Waals surface area contributed by atoms with Crippen LogP contribution in [0.1, 0.15) is 33.2 Å². The van der Waals surface area contributed by atoms with Crippen LogP contribution in [0.3, 0.4) is 0 Å². The molecule has 2 N–H and O–H groups in total. The Hall–Kier alpha value is -2.54. The van der Waals surface area contributed by atoms with E-state index in [0.29, 0.717) is 12.2 Å². The second kappa shape index (κ2) is 6.16. The van der Waals surface area contributed by atoms with Crippen LogP contribution in [0.25, 0.3) is 11.3 Å². The number of halogens is 1. The number of aryl methyl sites for hydroxylation is 1. The van der Waals surface area contributed by atoms with Crippen LogP contribution >= 0.6 is 11.3 Å². The van der Waals surface area contributed by atoms with Gasteiger partial charge in [0.1, 0.15) is 10.8 Å². The molecule has 0 aliphatic heterocycles. The summed E-state index contributed by atoms with van der Waals surface area (Å²) >= 11 is 1.47. The van der Waals surface area contributed by atoms with Crippen LogP contribution in [0.4, 0.5) is 4.39 Å². The van der Waals surface area contributed by atoms with Gasteiger partial charge >= 0.3 is 0 Å². The van der Waals surface area contributed by atoms with Crippen LogP contribution < -0.4 is 5.32 Å². The molecule has 0 spiro atoms. The standard InChI is InChI=1S/C17H15FN4OS/c18-11-6-4-10(5-7-11)14-9-24-15(20-14)8-19-17(23)16-12-2-1-3-13(12)21-22-16/h4-7,9H,1-3,8H2,(H,19,23)(H,21,22). The summed E-state index contributed by atoms with van der Waals surface area (Å²) in [6.07, 6.45) is 2.93. The predicted octanol–water partition coefficient (Wildman–Crippen LogP) is 3.09. The molecule has 0 saturated carbocycles. The topological polar surface area (TPSA) is 70.7 Å². The monoisotopic (exact) mass is 342 g/mol. The minimum absolute atomic E-state index is 0.173. The highest BCUT2D eigenvalue weighted by Crippen LogP contribution is 2.24. The molecule has 1 aliphatic carbocycles. The Labute approximate surface area is 141 Å². The van der Waals surface area contributed by atoms with Crippen molar-refractivity contribution in [2.45, 2.75) is 25.8 Å². The number of carbonyl (C=O) groups excluding carboxylic acids is 1. The fourth-order valence-corrected chi connectivity index (χ4v) is 3.64.